The SMILES string of the molecule is C[C@@H](F)[C@@H](CCC(=O)OCc1ccccc1)N=[N+]=[N-]. The highest BCUT2D eigenvalue weighted by Crippen LogP contribution is 2.12. The number of halogens is 1. The highest BCUT2D eigenvalue weighted by molar-refractivity contribution is 5.69. The third kappa shape index (κ3) is 5.88. The summed E-state index contributed by atoms with van der Waals surface area (Å²) >= 11 is 0. The number of esters is 1. The van der Waals surface area contributed by atoms with Crippen molar-refractivity contribution in [2.45, 2.75) is 38.6 Å². The van der Waals surface area contributed by atoms with Gasteiger partial charge in [-0.25, -0.2) is 4.39 Å². The second-order valence-electron chi connectivity index (χ2n) is 4.13. The van der Waals surface area contributed by atoms with E-state index in [1.54, 1.807) is 0 Å². The molecule has 0 aliphatic heterocycles. The minimum Gasteiger partial charge on any atom is -0.461 e. The molecule has 5 nitrogen and oxygen atoms in total. The summed E-state index contributed by atoms with van der Waals surface area (Å²) in [6.45, 7) is 1.49. The zero-order valence-corrected chi connectivity index (χ0v) is 10.7. The molecule has 0 fully saturated rings. The van der Waals surface area contributed by atoms with Crippen LogP contribution in [0.3, 0.4) is 0 Å². The number of hydrogen-bond donors (Lipinski definition) is 0. The van der Waals surface area contributed by atoms with E-state index in [4.69, 9.17) is 10.3 Å². The van der Waals surface area contributed by atoms with Crippen molar-refractivity contribution >= 4 is 5.97 Å². The molecule has 0 radical (unpaired) electrons. The summed E-state index contributed by atoms with van der Waals surface area (Å²) in [5.74, 6) is -0.428. The molecule has 1 aromatic carbocycles. The van der Waals surface area contributed by atoms with Gasteiger partial charge in [0, 0.05) is 11.3 Å². The molecule has 6 heteroatoms. The highest BCUT2D eigenvalue weighted by atomic mass is 19.1. The van der Waals surface area contributed by atoms with Crippen LogP contribution in [-0.2, 0) is 16.1 Å². The molecule has 0 bridgehead atoms. The van der Waals surface area contributed by atoms with Gasteiger partial charge in [0.05, 0.1) is 6.04 Å². The summed E-state index contributed by atoms with van der Waals surface area (Å²) in [6, 6.07) is 8.45. The van der Waals surface area contributed by atoms with E-state index in [0.717, 1.165) is 5.56 Å². The van der Waals surface area contributed by atoms with Gasteiger partial charge < -0.3 is 4.74 Å². The van der Waals surface area contributed by atoms with Crippen LogP contribution in [0.5, 0.6) is 0 Å². The minimum atomic E-state index is -1.28. The smallest absolute Gasteiger partial charge is 0.306 e. The number of carbonyl (C=O) groups excluding carboxylic acids is 1. The highest BCUT2D eigenvalue weighted by Gasteiger charge is 2.16. The third-order valence-corrected chi connectivity index (χ3v) is 2.62. The maximum atomic E-state index is 13.0. The van der Waals surface area contributed by atoms with E-state index in [0.29, 0.717) is 0 Å². The van der Waals surface area contributed by atoms with Gasteiger partial charge in [0.2, 0.25) is 0 Å². The van der Waals surface area contributed by atoms with Crippen molar-refractivity contribution in [1.29, 1.82) is 0 Å². The average molecular weight is 265 g/mol. The van der Waals surface area contributed by atoms with Gasteiger partial charge in [-0.3, -0.25) is 4.79 Å². The number of nitrogens with zero attached hydrogens (tertiary/aromatic N) is 3. The first kappa shape index (κ1) is 15.0. The number of azide groups is 1. The Labute approximate surface area is 111 Å². The molecule has 0 saturated heterocycles. The van der Waals surface area contributed by atoms with Crippen molar-refractivity contribution < 1.29 is 13.9 Å². The number of benzene rings is 1. The lowest BCUT2D eigenvalue weighted by Gasteiger charge is -2.11. The fourth-order valence-electron chi connectivity index (χ4n) is 1.52. The van der Waals surface area contributed by atoms with Crippen LogP contribution < -0.4 is 0 Å². The van der Waals surface area contributed by atoms with Crippen LogP contribution >= 0.6 is 0 Å². The largest absolute Gasteiger partial charge is 0.461 e. The Morgan fingerprint density at radius 1 is 1.47 bits per heavy atom. The summed E-state index contributed by atoms with van der Waals surface area (Å²) in [6.07, 6.45) is -1.10. The standard InChI is InChI=1S/C13H16FN3O2/c1-10(14)12(16-17-15)7-8-13(18)19-9-11-5-3-2-4-6-11/h2-6,10,12H,7-9H2,1H3/t10-,12-/m1/s1. The second-order valence-corrected chi connectivity index (χ2v) is 4.13. The van der Waals surface area contributed by atoms with Gasteiger partial charge in [0.25, 0.3) is 0 Å². The Morgan fingerprint density at radius 3 is 2.74 bits per heavy atom. The zero-order valence-electron chi connectivity index (χ0n) is 10.7. The second kappa shape index (κ2) is 8.11. The van der Waals surface area contributed by atoms with Crippen molar-refractivity contribution in [1.82, 2.24) is 0 Å². The van der Waals surface area contributed by atoms with E-state index in [1.165, 1.54) is 6.92 Å². The van der Waals surface area contributed by atoms with Gasteiger partial charge in [-0.1, -0.05) is 35.4 Å². The van der Waals surface area contributed by atoms with Gasteiger partial charge in [-0.05, 0) is 24.4 Å². The Bertz CT molecular complexity index is 444. The summed E-state index contributed by atoms with van der Waals surface area (Å²) in [5, 5.41) is 3.31. The normalized spacial score (nSPS) is 13.2. The molecule has 1 aromatic rings. The van der Waals surface area contributed by atoms with E-state index in [1.807, 2.05) is 30.3 Å². The third-order valence-electron chi connectivity index (χ3n) is 2.62. The maximum absolute atomic E-state index is 13.0. The molecule has 0 aliphatic rings. The molecule has 0 saturated carbocycles. The fraction of sp³-hybridized carbons (Fsp3) is 0.462. The van der Waals surface area contributed by atoms with Crippen molar-refractivity contribution in [3.8, 4) is 0 Å². The fourth-order valence-corrected chi connectivity index (χ4v) is 1.52. The summed E-state index contributed by atoms with van der Waals surface area (Å²) < 4.78 is 18.1. The number of ether oxygens (including phenoxy) is 1. The van der Waals surface area contributed by atoms with Gasteiger partial charge in [0.1, 0.15) is 12.8 Å². The van der Waals surface area contributed by atoms with Gasteiger partial charge in [-0.15, -0.1) is 0 Å². The lowest BCUT2D eigenvalue weighted by molar-refractivity contribution is -0.145. The van der Waals surface area contributed by atoms with Gasteiger partial charge in [-0.2, -0.15) is 0 Å². The Balaban J connectivity index is 2.33. The van der Waals surface area contributed by atoms with Crippen LogP contribution in [0, 0.1) is 0 Å². The Morgan fingerprint density at radius 2 is 2.16 bits per heavy atom. The first-order valence-electron chi connectivity index (χ1n) is 6.01. The van der Waals surface area contributed by atoms with Crippen molar-refractivity contribution in [3.63, 3.8) is 0 Å². The molecule has 0 heterocycles. The lowest BCUT2D eigenvalue weighted by Crippen LogP contribution is -2.18. The van der Waals surface area contributed by atoms with E-state index in [9.17, 15) is 9.18 Å². The average Bonchev–Trinajstić information content (AvgIpc) is 2.42. The van der Waals surface area contributed by atoms with Crippen LogP contribution in [0.25, 0.3) is 10.4 Å². The number of hydrogen-bond acceptors (Lipinski definition) is 3. The number of carbonyl (C=O) groups is 1. The Kier molecular flexibility index (Phi) is 6.39. The molecule has 0 unspecified atom stereocenters. The predicted octanol–water partition coefficient (Wildman–Crippen LogP) is 3.55. The predicted molar refractivity (Wildman–Crippen MR) is 69.0 cm³/mol. The maximum Gasteiger partial charge on any atom is 0.306 e. The molecule has 1 rings (SSSR count). The molecule has 19 heavy (non-hydrogen) atoms. The lowest BCUT2D eigenvalue weighted by atomic mass is 10.1. The zero-order chi connectivity index (χ0) is 14.1. The summed E-state index contributed by atoms with van der Waals surface area (Å²) in [5.41, 5.74) is 9.17. The molecule has 0 spiro atoms. The van der Waals surface area contributed by atoms with Crippen LogP contribution in [0.2, 0.25) is 0 Å². The van der Waals surface area contributed by atoms with E-state index < -0.39 is 18.2 Å². The summed E-state index contributed by atoms with van der Waals surface area (Å²) in [4.78, 5) is 14.0. The minimum absolute atomic E-state index is 0.0325. The van der Waals surface area contributed by atoms with Gasteiger partial charge >= 0.3 is 5.97 Å². The molecule has 0 aromatic heterocycles. The van der Waals surface area contributed by atoms with Crippen molar-refractivity contribution in [2.75, 3.05) is 0 Å². The molecular weight excluding hydrogens is 249 g/mol. The monoisotopic (exact) mass is 265 g/mol. The molecule has 0 amide bonds. The molecular formula is C13H16FN3O2. The molecule has 2 atom stereocenters. The van der Waals surface area contributed by atoms with Crippen molar-refractivity contribution in [3.05, 3.63) is 46.3 Å². The van der Waals surface area contributed by atoms with E-state index in [-0.39, 0.29) is 19.4 Å². The number of rotatable bonds is 7. The van der Waals surface area contributed by atoms with E-state index >= 15 is 0 Å². The number of alkyl halides is 1. The van der Waals surface area contributed by atoms with Crippen molar-refractivity contribution in [2.24, 2.45) is 5.11 Å². The Hall–Kier alpha value is -2.07. The van der Waals surface area contributed by atoms with E-state index in [2.05, 4.69) is 10.0 Å². The first-order chi connectivity index (χ1) is 9.13. The molecule has 0 N–H and O–H groups in total. The van der Waals surface area contributed by atoms with Crippen LogP contribution in [0.4, 0.5) is 4.39 Å². The summed E-state index contributed by atoms with van der Waals surface area (Å²) in [7, 11) is 0. The molecule has 102 valence electrons. The molecule has 0 aliphatic carbocycles. The van der Waals surface area contributed by atoms with Crippen LogP contribution in [0.1, 0.15) is 25.3 Å². The van der Waals surface area contributed by atoms with Crippen LogP contribution in [0.15, 0.2) is 35.4 Å². The van der Waals surface area contributed by atoms with Gasteiger partial charge in [0.15, 0.2) is 0 Å². The first-order valence-corrected chi connectivity index (χ1v) is 6.01. The topological polar surface area (TPSA) is 75.1 Å². The quantitative estimate of drug-likeness (QED) is 0.327. The van der Waals surface area contributed by atoms with Crippen LogP contribution in [-0.4, -0.2) is 18.2 Å².